The van der Waals surface area contributed by atoms with Crippen LogP contribution >= 0.6 is 0 Å². The summed E-state index contributed by atoms with van der Waals surface area (Å²) in [5.41, 5.74) is 0.747. The van der Waals surface area contributed by atoms with Gasteiger partial charge in [-0.15, -0.1) is 0 Å². The van der Waals surface area contributed by atoms with Crippen molar-refractivity contribution in [3.8, 4) is 5.75 Å². The molecule has 1 aromatic carbocycles. The van der Waals surface area contributed by atoms with Crippen LogP contribution in [0.5, 0.6) is 5.75 Å². The van der Waals surface area contributed by atoms with Gasteiger partial charge in [0.1, 0.15) is 5.75 Å². The first kappa shape index (κ1) is 23.3. The van der Waals surface area contributed by atoms with E-state index in [0.29, 0.717) is 0 Å². The molecule has 0 unspecified atom stereocenters. The molecular weight excluding hydrogens is 434 g/mol. The summed E-state index contributed by atoms with van der Waals surface area (Å²) in [6.45, 7) is 0. The Hall–Kier alpha value is -2.02. The lowest BCUT2D eigenvalue weighted by Gasteiger charge is -2.30. The molecule has 13 heteroatoms. The summed E-state index contributed by atoms with van der Waals surface area (Å²) in [5.74, 6) is -17.5. The van der Waals surface area contributed by atoms with E-state index in [9.17, 15) is 44.8 Å². The van der Waals surface area contributed by atoms with Gasteiger partial charge >= 0.3 is 33.2 Å². The highest BCUT2D eigenvalue weighted by Crippen LogP contribution is 2.49. The van der Waals surface area contributed by atoms with E-state index >= 15 is 0 Å². The summed E-state index contributed by atoms with van der Waals surface area (Å²) in [4.78, 5) is 12.6. The van der Waals surface area contributed by atoms with Gasteiger partial charge in [-0.25, -0.2) is 4.79 Å². The summed E-state index contributed by atoms with van der Waals surface area (Å²) in [6.07, 6.45) is 4.71. The zero-order valence-electron chi connectivity index (χ0n) is 14.5. The molecular formula is C16H15F6O6S-. The van der Waals surface area contributed by atoms with Crippen molar-refractivity contribution < 1.29 is 53.9 Å². The first-order chi connectivity index (χ1) is 13.3. The highest BCUT2D eigenvalue weighted by atomic mass is 32.2. The van der Waals surface area contributed by atoms with Crippen molar-refractivity contribution in [2.24, 2.45) is 0 Å². The monoisotopic (exact) mass is 449 g/mol. The molecule has 2 rings (SSSR count). The van der Waals surface area contributed by atoms with Gasteiger partial charge in [0.25, 0.3) is 0 Å². The Morgan fingerprint density at radius 1 is 0.966 bits per heavy atom. The maximum atomic E-state index is 13.8. The molecule has 1 aromatic rings. The summed E-state index contributed by atoms with van der Waals surface area (Å²) < 4.78 is 108. The topological polar surface area (TPSA) is 92.7 Å². The molecule has 164 valence electrons. The second-order valence-corrected chi connectivity index (χ2v) is 8.07. The van der Waals surface area contributed by atoms with Gasteiger partial charge < -0.3 is 14.3 Å². The Morgan fingerprint density at radius 3 is 1.97 bits per heavy atom. The van der Waals surface area contributed by atoms with Crippen molar-refractivity contribution in [1.29, 1.82) is 0 Å². The minimum atomic E-state index is -6.83. The molecule has 0 spiro atoms. The van der Waals surface area contributed by atoms with Crippen molar-refractivity contribution in [3.63, 3.8) is 0 Å². The van der Waals surface area contributed by atoms with Crippen LogP contribution in [-0.4, -0.2) is 31.5 Å². The van der Waals surface area contributed by atoms with Crippen LogP contribution in [0, 0.1) is 0 Å². The van der Waals surface area contributed by atoms with Crippen LogP contribution in [-0.2, 0) is 19.8 Å². The van der Waals surface area contributed by atoms with Crippen molar-refractivity contribution in [2.75, 3.05) is 0 Å². The standard InChI is InChI=1S/C16H16F6O6S/c17-14(18,13(23)27-24)15(19,20)16(21,22)29(25,26)28-12-8-6-11(7-9-12)10-4-2-1-3-5-10/h6-10,24H,1-5H2/p-1. The van der Waals surface area contributed by atoms with Crippen LogP contribution in [0.2, 0.25) is 0 Å². The van der Waals surface area contributed by atoms with E-state index in [1.54, 1.807) is 0 Å². The normalized spacial score (nSPS) is 17.1. The van der Waals surface area contributed by atoms with E-state index in [2.05, 4.69) is 9.07 Å². The van der Waals surface area contributed by atoms with Gasteiger partial charge in [-0.05, 0) is 36.5 Å². The highest BCUT2D eigenvalue weighted by molar-refractivity contribution is 7.88. The molecule has 0 bridgehead atoms. The average molecular weight is 449 g/mol. The lowest BCUT2D eigenvalue weighted by Crippen LogP contribution is -2.62. The number of carbonyl (C=O) groups is 1. The predicted molar refractivity (Wildman–Crippen MR) is 82.7 cm³/mol. The van der Waals surface area contributed by atoms with E-state index in [1.165, 1.54) is 12.1 Å². The molecule has 0 saturated heterocycles. The number of alkyl halides is 6. The Labute approximate surface area is 161 Å². The zero-order chi connectivity index (χ0) is 22.1. The Kier molecular flexibility index (Phi) is 6.43. The van der Waals surface area contributed by atoms with Crippen LogP contribution in [0.3, 0.4) is 0 Å². The number of hydrogen-bond acceptors (Lipinski definition) is 6. The molecule has 0 aliphatic heterocycles. The molecule has 29 heavy (non-hydrogen) atoms. The van der Waals surface area contributed by atoms with Gasteiger partial charge in [0.15, 0.2) is 0 Å². The van der Waals surface area contributed by atoms with E-state index in [-0.39, 0.29) is 5.92 Å². The minimum Gasteiger partial charge on any atom is -0.661 e. The van der Waals surface area contributed by atoms with Gasteiger partial charge in [-0.1, -0.05) is 31.4 Å². The van der Waals surface area contributed by atoms with E-state index < -0.39 is 38.9 Å². The molecule has 0 aromatic heterocycles. The number of carbonyl (C=O) groups excluding carboxylic acids is 1. The average Bonchev–Trinajstić information content (AvgIpc) is 2.67. The van der Waals surface area contributed by atoms with E-state index in [0.717, 1.165) is 49.8 Å². The van der Waals surface area contributed by atoms with Gasteiger partial charge in [0.05, 0.1) is 0 Å². The number of hydrogen-bond donors (Lipinski definition) is 0. The SMILES string of the molecule is O=C(O[O-])C(F)(F)C(F)(F)C(F)(F)S(=O)(=O)Oc1ccc(C2CCCCC2)cc1. The highest BCUT2D eigenvalue weighted by Gasteiger charge is 2.81. The predicted octanol–water partition coefficient (Wildman–Crippen LogP) is 3.12. The molecule has 1 aliphatic rings. The minimum absolute atomic E-state index is 0.150. The van der Waals surface area contributed by atoms with Crippen LogP contribution in [0.25, 0.3) is 0 Å². The number of halogens is 6. The van der Waals surface area contributed by atoms with Crippen LogP contribution in [0.1, 0.15) is 43.6 Å². The molecule has 0 amide bonds. The Balaban J connectivity index is 2.25. The fourth-order valence-corrected chi connectivity index (χ4v) is 3.84. The third-order valence-corrected chi connectivity index (χ3v) is 5.86. The lowest BCUT2D eigenvalue weighted by molar-refractivity contribution is -0.660. The first-order valence-electron chi connectivity index (χ1n) is 8.29. The number of benzene rings is 1. The number of rotatable bonds is 7. The first-order valence-corrected chi connectivity index (χ1v) is 9.70. The Morgan fingerprint density at radius 2 is 1.48 bits per heavy atom. The van der Waals surface area contributed by atoms with E-state index in [4.69, 9.17) is 0 Å². The van der Waals surface area contributed by atoms with Crippen molar-refractivity contribution in [1.82, 2.24) is 0 Å². The molecule has 0 atom stereocenters. The summed E-state index contributed by atoms with van der Waals surface area (Å²) in [5, 5.41) is 3.09. The summed E-state index contributed by atoms with van der Waals surface area (Å²) in [7, 11) is -6.71. The molecule has 1 aliphatic carbocycles. The van der Waals surface area contributed by atoms with Crippen molar-refractivity contribution >= 4 is 16.1 Å². The summed E-state index contributed by atoms with van der Waals surface area (Å²) in [6, 6.07) is 4.53. The molecule has 0 heterocycles. The second-order valence-electron chi connectivity index (χ2n) is 6.48. The van der Waals surface area contributed by atoms with Gasteiger partial charge in [0, 0.05) is 0 Å². The lowest BCUT2D eigenvalue weighted by atomic mass is 9.84. The van der Waals surface area contributed by atoms with Gasteiger partial charge in [0.2, 0.25) is 0 Å². The van der Waals surface area contributed by atoms with Crippen molar-refractivity contribution in [2.45, 2.75) is 55.1 Å². The molecule has 1 saturated carbocycles. The molecule has 0 radical (unpaired) electrons. The summed E-state index contributed by atoms with van der Waals surface area (Å²) >= 11 is 0. The smallest absolute Gasteiger partial charge is 0.449 e. The quantitative estimate of drug-likeness (QED) is 0.275. The third kappa shape index (κ3) is 4.15. The van der Waals surface area contributed by atoms with Crippen LogP contribution in [0.4, 0.5) is 26.3 Å². The van der Waals surface area contributed by atoms with Crippen LogP contribution < -0.4 is 9.44 Å². The van der Waals surface area contributed by atoms with Crippen LogP contribution in [0.15, 0.2) is 24.3 Å². The van der Waals surface area contributed by atoms with Crippen molar-refractivity contribution in [3.05, 3.63) is 29.8 Å². The zero-order valence-corrected chi connectivity index (χ0v) is 15.4. The second kappa shape index (κ2) is 8.01. The van der Waals surface area contributed by atoms with E-state index in [1.807, 2.05) is 0 Å². The van der Waals surface area contributed by atoms with Gasteiger partial charge in [-0.2, -0.15) is 34.8 Å². The fraction of sp³-hybridized carbons (Fsp3) is 0.562. The maximum absolute atomic E-state index is 13.8. The molecule has 0 N–H and O–H groups in total. The molecule has 6 nitrogen and oxygen atoms in total. The maximum Gasteiger partial charge on any atom is 0.449 e. The third-order valence-electron chi connectivity index (χ3n) is 4.57. The Bertz CT molecular complexity index is 834. The fourth-order valence-electron chi connectivity index (χ4n) is 2.93. The molecule has 1 fully saturated rings. The largest absolute Gasteiger partial charge is 0.661 e. The van der Waals surface area contributed by atoms with Gasteiger partial charge in [-0.3, -0.25) is 0 Å².